The zero-order valence-corrected chi connectivity index (χ0v) is 29.3. The highest BCUT2D eigenvalue weighted by Crippen LogP contribution is 2.44. The molecule has 50 heavy (non-hydrogen) atoms. The quantitative estimate of drug-likeness (QED) is 0.200. The minimum Gasteiger partial charge on any atom is -0.459 e. The Morgan fingerprint density at radius 2 is 1.60 bits per heavy atom. The first-order chi connectivity index (χ1) is 23.1. The maximum absolute atomic E-state index is 13.8. The van der Waals surface area contributed by atoms with E-state index >= 15 is 0 Å². The number of fused-ring (bicyclic) bond motifs is 1. The molecule has 274 valence electrons. The first-order valence-corrected chi connectivity index (χ1v) is 16.8. The molecule has 2 aromatic carbocycles. The van der Waals surface area contributed by atoms with E-state index in [1.165, 1.54) is 4.80 Å². The maximum atomic E-state index is 13.8. The fraction of sp³-hybridized carbons (Fsp3) is 0.600. The van der Waals surface area contributed by atoms with Crippen molar-refractivity contribution in [2.24, 2.45) is 18.7 Å². The zero-order valence-electron chi connectivity index (χ0n) is 29.3. The van der Waals surface area contributed by atoms with Crippen LogP contribution in [-0.4, -0.2) is 50.4 Å². The van der Waals surface area contributed by atoms with Crippen LogP contribution in [0.5, 0.6) is 0 Å². The van der Waals surface area contributed by atoms with Crippen LogP contribution < -0.4 is 15.5 Å². The first-order valence-electron chi connectivity index (χ1n) is 16.8. The van der Waals surface area contributed by atoms with E-state index in [9.17, 15) is 31.1 Å². The van der Waals surface area contributed by atoms with E-state index in [1.807, 2.05) is 40.7 Å². The molecule has 0 unspecified atom stereocenters. The lowest BCUT2D eigenvalue weighted by molar-refractivity contribution is -0.163. The number of carbonyl (C=O) groups is 1. The van der Waals surface area contributed by atoms with Crippen molar-refractivity contribution in [3.05, 3.63) is 63.7 Å². The van der Waals surface area contributed by atoms with E-state index < -0.39 is 46.6 Å². The van der Waals surface area contributed by atoms with Crippen molar-refractivity contribution in [3.8, 4) is 0 Å². The number of tetrazole rings is 1. The van der Waals surface area contributed by atoms with Crippen LogP contribution in [0.2, 0.25) is 0 Å². The van der Waals surface area contributed by atoms with E-state index in [0.29, 0.717) is 38.8 Å². The van der Waals surface area contributed by atoms with Crippen LogP contribution in [0.25, 0.3) is 0 Å². The lowest BCUT2D eigenvalue weighted by atomic mass is 9.76. The Bertz CT molecular complexity index is 1660. The van der Waals surface area contributed by atoms with Crippen LogP contribution in [0.3, 0.4) is 0 Å². The van der Waals surface area contributed by atoms with Gasteiger partial charge in [-0.2, -0.15) is 31.1 Å². The van der Waals surface area contributed by atoms with Crippen LogP contribution in [0.15, 0.2) is 30.3 Å². The van der Waals surface area contributed by atoms with Crippen molar-refractivity contribution in [2.45, 2.75) is 109 Å². The van der Waals surface area contributed by atoms with Crippen LogP contribution in [0.4, 0.5) is 38.0 Å². The summed E-state index contributed by atoms with van der Waals surface area (Å²) >= 11 is 0. The average molecular weight is 710 g/mol. The molecule has 1 aromatic heterocycles. The minimum atomic E-state index is -4.98. The third kappa shape index (κ3) is 8.52. The van der Waals surface area contributed by atoms with Gasteiger partial charge in [-0.1, -0.05) is 22.8 Å². The number of hydrogen-bond acceptors (Lipinski definition) is 8. The van der Waals surface area contributed by atoms with E-state index in [2.05, 4.69) is 26.4 Å². The van der Waals surface area contributed by atoms with Crippen LogP contribution in [-0.2, 0) is 35.5 Å². The Morgan fingerprint density at radius 1 is 0.980 bits per heavy atom. The van der Waals surface area contributed by atoms with Crippen molar-refractivity contribution in [1.29, 1.82) is 0 Å². The normalized spacial score (nSPS) is 21.8. The van der Waals surface area contributed by atoms with Crippen LogP contribution >= 0.6 is 0 Å². The SMILES string of the molecule is Cc1cc(C)c2c(c1)[C@@H](N(Cc1cc(C(F)(F)F)cc(C(F)(F)F)c1)c1nnn(C)n1)CCCN2CC1CCC(N)(C(=O)OC(C)(C)C)CC1. The van der Waals surface area contributed by atoms with Crippen molar-refractivity contribution in [1.82, 2.24) is 20.2 Å². The number of hydrogen-bond donors (Lipinski definition) is 1. The molecular formula is C35H45F6N7O2. The molecule has 0 saturated heterocycles. The van der Waals surface area contributed by atoms with Crippen LogP contribution in [0.1, 0.15) is 98.7 Å². The highest BCUT2D eigenvalue weighted by Gasteiger charge is 2.42. The smallest absolute Gasteiger partial charge is 0.416 e. The van der Waals surface area contributed by atoms with Gasteiger partial charge in [-0.05, 0) is 119 Å². The summed E-state index contributed by atoms with van der Waals surface area (Å²) in [7, 11) is 1.54. The number of rotatable bonds is 7. The van der Waals surface area contributed by atoms with Crippen molar-refractivity contribution < 1.29 is 35.9 Å². The number of nitrogens with zero attached hydrogens (tertiary/aromatic N) is 6. The molecule has 1 aliphatic heterocycles. The van der Waals surface area contributed by atoms with Crippen molar-refractivity contribution in [2.75, 3.05) is 22.9 Å². The van der Waals surface area contributed by atoms with Crippen molar-refractivity contribution in [3.63, 3.8) is 0 Å². The van der Waals surface area contributed by atoms with E-state index in [4.69, 9.17) is 10.5 Å². The number of carbonyl (C=O) groups excluding carboxylic acids is 1. The van der Waals surface area contributed by atoms with Crippen molar-refractivity contribution >= 4 is 17.6 Å². The Balaban J connectivity index is 1.49. The molecule has 15 heteroatoms. The fourth-order valence-corrected chi connectivity index (χ4v) is 7.22. The van der Waals surface area contributed by atoms with Gasteiger partial charge in [0.05, 0.1) is 24.2 Å². The molecule has 0 bridgehead atoms. The molecule has 0 radical (unpaired) electrons. The van der Waals surface area contributed by atoms with Gasteiger partial charge in [0.1, 0.15) is 11.1 Å². The predicted octanol–water partition coefficient (Wildman–Crippen LogP) is 7.44. The summed E-state index contributed by atoms with van der Waals surface area (Å²) in [6.07, 6.45) is -6.32. The Hall–Kier alpha value is -3.88. The summed E-state index contributed by atoms with van der Waals surface area (Å²) in [6.45, 7) is 10.4. The summed E-state index contributed by atoms with van der Waals surface area (Å²) < 4.78 is 88.5. The Morgan fingerprint density at radius 3 is 2.14 bits per heavy atom. The molecule has 2 heterocycles. The number of aryl methyl sites for hydroxylation is 3. The molecule has 2 N–H and O–H groups in total. The molecule has 5 rings (SSSR count). The predicted molar refractivity (Wildman–Crippen MR) is 176 cm³/mol. The van der Waals surface area contributed by atoms with Gasteiger partial charge >= 0.3 is 18.3 Å². The first kappa shape index (κ1) is 37.4. The summed E-state index contributed by atoms with van der Waals surface area (Å²) in [5.41, 5.74) is 5.73. The summed E-state index contributed by atoms with van der Waals surface area (Å²) in [6, 6.07) is 5.24. The Kier molecular flexibility index (Phi) is 10.2. The van der Waals surface area contributed by atoms with Gasteiger partial charge in [0.25, 0.3) is 5.95 Å². The Labute approximate surface area is 288 Å². The average Bonchev–Trinajstić information content (AvgIpc) is 3.34. The number of nitrogens with two attached hydrogens (primary N) is 1. The molecule has 0 amide bonds. The van der Waals surface area contributed by atoms with E-state index in [-0.39, 0.29) is 30.0 Å². The molecular weight excluding hydrogens is 664 g/mol. The number of esters is 1. The second-order valence-electron chi connectivity index (χ2n) is 14.8. The van der Waals surface area contributed by atoms with Gasteiger partial charge < -0.3 is 20.3 Å². The molecule has 3 aromatic rings. The topological polar surface area (TPSA) is 102 Å². The van der Waals surface area contributed by atoms with Gasteiger partial charge in [0.2, 0.25) is 0 Å². The standard InChI is InChI=1S/C35H45F6N7O2/c1-21-14-22(2)29-27(15-21)28(8-7-13-47(29)19-23-9-11-33(42,12-10-23)30(49)50-32(3,4)5)48(31-43-45-46(6)44-31)20-24-16-25(34(36,37)38)18-26(17-24)35(39,40)41/h14-18,23,28H,7-13,19-20,42H2,1-6H3/t23?,28-,33?/m0/s1. The van der Waals surface area contributed by atoms with E-state index in [0.717, 1.165) is 47.4 Å². The van der Waals surface area contributed by atoms with Crippen LogP contribution in [0, 0.1) is 19.8 Å². The highest BCUT2D eigenvalue weighted by atomic mass is 19.4. The van der Waals surface area contributed by atoms with Gasteiger partial charge in [0.15, 0.2) is 0 Å². The van der Waals surface area contributed by atoms with Gasteiger partial charge in [-0.25, -0.2) is 0 Å². The lowest BCUT2D eigenvalue weighted by Gasteiger charge is -2.39. The van der Waals surface area contributed by atoms with Gasteiger partial charge in [-0.3, -0.25) is 4.79 Å². The molecule has 0 spiro atoms. The summed E-state index contributed by atoms with van der Waals surface area (Å²) in [4.78, 5) is 18.1. The minimum absolute atomic E-state index is 0.0933. The molecule has 1 atom stereocenters. The number of anilines is 2. The summed E-state index contributed by atoms with van der Waals surface area (Å²) in [5.74, 6) is -0.0582. The maximum Gasteiger partial charge on any atom is 0.416 e. The number of alkyl halides is 6. The van der Waals surface area contributed by atoms with Gasteiger partial charge in [0, 0.05) is 25.3 Å². The fourth-order valence-electron chi connectivity index (χ4n) is 7.22. The number of benzene rings is 2. The number of aromatic nitrogens is 4. The second-order valence-corrected chi connectivity index (χ2v) is 14.8. The number of halogens is 6. The molecule has 1 aliphatic carbocycles. The molecule has 1 fully saturated rings. The lowest BCUT2D eigenvalue weighted by Crippen LogP contribution is -2.53. The third-order valence-corrected chi connectivity index (χ3v) is 9.47. The van der Waals surface area contributed by atoms with E-state index in [1.54, 1.807) is 11.9 Å². The molecule has 9 nitrogen and oxygen atoms in total. The second kappa shape index (κ2) is 13.7. The number of ether oxygens (including phenoxy) is 1. The largest absolute Gasteiger partial charge is 0.459 e. The third-order valence-electron chi connectivity index (χ3n) is 9.47. The monoisotopic (exact) mass is 709 g/mol. The molecule has 1 saturated carbocycles. The molecule has 2 aliphatic rings. The van der Waals surface area contributed by atoms with Gasteiger partial charge in [-0.15, -0.1) is 5.10 Å². The highest BCUT2D eigenvalue weighted by molar-refractivity contribution is 5.81. The summed E-state index contributed by atoms with van der Waals surface area (Å²) in [5, 5.41) is 12.4. The zero-order chi connectivity index (χ0) is 36.8.